The number of rotatable bonds is 4. The summed E-state index contributed by atoms with van der Waals surface area (Å²) in [5, 5.41) is 11.7. The summed E-state index contributed by atoms with van der Waals surface area (Å²) >= 11 is 0. The smallest absolute Gasteiger partial charge is 0.0991 e. The molecule has 0 bridgehead atoms. The highest BCUT2D eigenvalue weighted by atomic mass is 15.2. The highest BCUT2D eigenvalue weighted by Crippen LogP contribution is 2.38. The summed E-state index contributed by atoms with van der Waals surface area (Å²) in [5.74, 6) is 0.584. The summed E-state index contributed by atoms with van der Waals surface area (Å²) in [6, 6.07) is 26.4. The quantitative estimate of drug-likeness (QED) is 0.552. The summed E-state index contributed by atoms with van der Waals surface area (Å²) < 4.78 is 0. The zero-order valence-corrected chi connectivity index (χ0v) is 15.9. The highest BCUT2D eigenvalue weighted by Gasteiger charge is 2.27. The first-order chi connectivity index (χ1) is 13.3. The maximum Gasteiger partial charge on any atom is 0.0991 e. The fraction of sp³-hybridized carbons (Fsp3) is 0.320. The van der Waals surface area contributed by atoms with E-state index in [2.05, 4.69) is 72.5 Å². The van der Waals surface area contributed by atoms with E-state index in [1.807, 2.05) is 12.1 Å². The van der Waals surface area contributed by atoms with Crippen LogP contribution in [0.3, 0.4) is 0 Å². The Labute approximate surface area is 162 Å². The maximum atomic E-state index is 9.04. The number of nitriles is 1. The summed E-state index contributed by atoms with van der Waals surface area (Å²) in [6.07, 6.45) is 4.94. The lowest BCUT2D eigenvalue weighted by Gasteiger charge is -2.39. The molecule has 0 amide bonds. The Morgan fingerprint density at radius 2 is 1.74 bits per heavy atom. The largest absolute Gasteiger partial charge is 0.368 e. The third kappa shape index (κ3) is 3.55. The molecule has 27 heavy (non-hydrogen) atoms. The van der Waals surface area contributed by atoms with Crippen molar-refractivity contribution < 1.29 is 0 Å². The van der Waals surface area contributed by atoms with Gasteiger partial charge in [0.2, 0.25) is 0 Å². The summed E-state index contributed by atoms with van der Waals surface area (Å²) in [4.78, 5) is 2.61. The molecular formula is C25H26N2. The molecule has 1 aliphatic carbocycles. The molecule has 3 aromatic carbocycles. The Morgan fingerprint density at radius 3 is 2.52 bits per heavy atom. The normalized spacial score (nSPS) is 19.6. The van der Waals surface area contributed by atoms with Gasteiger partial charge in [-0.15, -0.1) is 0 Å². The van der Waals surface area contributed by atoms with Crippen LogP contribution in [0, 0.1) is 11.3 Å². The van der Waals surface area contributed by atoms with Crippen molar-refractivity contribution in [1.82, 2.24) is 0 Å². The monoisotopic (exact) mass is 354 g/mol. The number of hydrogen-bond donors (Lipinski definition) is 0. The van der Waals surface area contributed by atoms with Crippen LogP contribution in [0.2, 0.25) is 0 Å². The van der Waals surface area contributed by atoms with E-state index in [1.165, 1.54) is 47.7 Å². The second-order valence-electron chi connectivity index (χ2n) is 7.54. The first kappa shape index (κ1) is 17.6. The van der Waals surface area contributed by atoms with Crippen LogP contribution in [0.25, 0.3) is 10.8 Å². The van der Waals surface area contributed by atoms with Crippen molar-refractivity contribution in [3.8, 4) is 6.07 Å². The number of hydrogen-bond acceptors (Lipinski definition) is 2. The molecule has 2 nitrogen and oxygen atoms in total. The molecule has 0 aliphatic heterocycles. The minimum absolute atomic E-state index is 0.565. The van der Waals surface area contributed by atoms with Crippen LogP contribution in [-0.2, 0) is 0 Å². The van der Waals surface area contributed by atoms with Crippen molar-refractivity contribution in [2.24, 2.45) is 0 Å². The molecule has 0 spiro atoms. The van der Waals surface area contributed by atoms with E-state index < -0.39 is 0 Å². The average molecular weight is 354 g/mol. The van der Waals surface area contributed by atoms with Gasteiger partial charge in [0.05, 0.1) is 11.6 Å². The van der Waals surface area contributed by atoms with Gasteiger partial charge in [0.1, 0.15) is 0 Å². The zero-order valence-electron chi connectivity index (χ0n) is 15.9. The molecule has 2 atom stereocenters. The van der Waals surface area contributed by atoms with Gasteiger partial charge in [-0.05, 0) is 61.3 Å². The fourth-order valence-corrected chi connectivity index (χ4v) is 4.66. The van der Waals surface area contributed by atoms with Gasteiger partial charge in [-0.25, -0.2) is 0 Å². The minimum Gasteiger partial charge on any atom is -0.368 e. The summed E-state index contributed by atoms with van der Waals surface area (Å²) in [5.41, 5.74) is 3.49. The fourth-order valence-electron chi connectivity index (χ4n) is 4.66. The Kier molecular flexibility index (Phi) is 5.12. The molecule has 1 fully saturated rings. The summed E-state index contributed by atoms with van der Waals surface area (Å²) in [7, 11) is 0. The van der Waals surface area contributed by atoms with Crippen LogP contribution in [0.4, 0.5) is 5.69 Å². The van der Waals surface area contributed by atoms with Crippen molar-refractivity contribution in [3.63, 3.8) is 0 Å². The Bertz CT molecular complexity index is 947. The predicted octanol–water partition coefficient (Wildman–Crippen LogP) is 6.26. The SMILES string of the molecule is CCN(c1cccc2ccccc12)C1CCCC(c2ccc(C#N)cc2)C1. The topological polar surface area (TPSA) is 27.0 Å². The van der Waals surface area contributed by atoms with Crippen LogP contribution in [0.5, 0.6) is 0 Å². The van der Waals surface area contributed by atoms with Gasteiger partial charge in [0.15, 0.2) is 0 Å². The van der Waals surface area contributed by atoms with E-state index in [9.17, 15) is 0 Å². The molecule has 136 valence electrons. The van der Waals surface area contributed by atoms with Crippen LogP contribution in [0.15, 0.2) is 66.7 Å². The third-order valence-electron chi connectivity index (χ3n) is 6.02. The van der Waals surface area contributed by atoms with Crippen molar-refractivity contribution in [2.45, 2.75) is 44.6 Å². The van der Waals surface area contributed by atoms with E-state index in [1.54, 1.807) is 0 Å². The van der Waals surface area contributed by atoms with Crippen molar-refractivity contribution in [3.05, 3.63) is 77.9 Å². The van der Waals surface area contributed by atoms with Crippen molar-refractivity contribution >= 4 is 16.5 Å². The second kappa shape index (κ2) is 7.84. The molecule has 0 saturated heterocycles. The number of nitrogens with zero attached hydrogens (tertiary/aromatic N) is 2. The maximum absolute atomic E-state index is 9.04. The Morgan fingerprint density at radius 1 is 0.963 bits per heavy atom. The zero-order chi connectivity index (χ0) is 18.6. The van der Waals surface area contributed by atoms with Crippen LogP contribution < -0.4 is 4.90 Å². The Hall–Kier alpha value is -2.79. The average Bonchev–Trinajstić information content (AvgIpc) is 2.75. The van der Waals surface area contributed by atoms with E-state index in [-0.39, 0.29) is 0 Å². The van der Waals surface area contributed by atoms with Crippen molar-refractivity contribution in [2.75, 3.05) is 11.4 Å². The highest BCUT2D eigenvalue weighted by molar-refractivity contribution is 5.94. The number of benzene rings is 3. The lowest BCUT2D eigenvalue weighted by Crippen LogP contribution is -2.38. The molecule has 0 radical (unpaired) electrons. The summed E-state index contributed by atoms with van der Waals surface area (Å²) in [6.45, 7) is 3.30. The van der Waals surface area contributed by atoms with E-state index in [0.717, 1.165) is 12.1 Å². The molecule has 2 heteroatoms. The standard InChI is InChI=1S/C25H26N2/c1-2-27(25-12-6-8-21-7-3-4-11-24(21)25)23-10-5-9-22(17-23)20-15-13-19(18-26)14-16-20/h3-4,6-8,11-16,22-23H,2,5,9-10,17H2,1H3. The number of fused-ring (bicyclic) bond motifs is 1. The Balaban J connectivity index is 1.61. The molecule has 0 N–H and O–H groups in total. The minimum atomic E-state index is 0.565. The molecule has 0 heterocycles. The molecule has 2 unspecified atom stereocenters. The van der Waals surface area contributed by atoms with E-state index in [0.29, 0.717) is 12.0 Å². The molecule has 1 saturated carbocycles. The molecule has 4 rings (SSSR count). The molecule has 0 aromatic heterocycles. The van der Waals surface area contributed by atoms with Crippen molar-refractivity contribution in [1.29, 1.82) is 5.26 Å². The van der Waals surface area contributed by atoms with Gasteiger partial charge in [-0.2, -0.15) is 5.26 Å². The first-order valence-corrected chi connectivity index (χ1v) is 10.0. The lowest BCUT2D eigenvalue weighted by molar-refractivity contribution is 0.376. The van der Waals surface area contributed by atoms with Gasteiger partial charge in [-0.3, -0.25) is 0 Å². The van der Waals surface area contributed by atoms with Crippen LogP contribution >= 0.6 is 0 Å². The van der Waals surface area contributed by atoms with Gasteiger partial charge >= 0.3 is 0 Å². The molecular weight excluding hydrogens is 328 g/mol. The van der Waals surface area contributed by atoms with Gasteiger partial charge < -0.3 is 4.90 Å². The number of anilines is 1. The lowest BCUT2D eigenvalue weighted by atomic mass is 9.80. The van der Waals surface area contributed by atoms with Crippen LogP contribution in [-0.4, -0.2) is 12.6 Å². The molecule has 3 aromatic rings. The first-order valence-electron chi connectivity index (χ1n) is 10.0. The second-order valence-corrected chi connectivity index (χ2v) is 7.54. The van der Waals surface area contributed by atoms with E-state index in [4.69, 9.17) is 5.26 Å². The van der Waals surface area contributed by atoms with Gasteiger partial charge in [0.25, 0.3) is 0 Å². The third-order valence-corrected chi connectivity index (χ3v) is 6.02. The van der Waals surface area contributed by atoms with Gasteiger partial charge in [0, 0.05) is 23.7 Å². The van der Waals surface area contributed by atoms with Crippen LogP contribution in [0.1, 0.15) is 49.7 Å². The predicted molar refractivity (Wildman–Crippen MR) is 113 cm³/mol. The van der Waals surface area contributed by atoms with Gasteiger partial charge in [-0.1, -0.05) is 55.0 Å². The molecule has 1 aliphatic rings. The van der Waals surface area contributed by atoms with E-state index >= 15 is 0 Å².